The minimum atomic E-state index is -0.389. The summed E-state index contributed by atoms with van der Waals surface area (Å²) in [5, 5.41) is 6.03. The normalized spacial score (nSPS) is 7.57. The van der Waals surface area contributed by atoms with Gasteiger partial charge in [-0.2, -0.15) is 0 Å². The van der Waals surface area contributed by atoms with Crippen molar-refractivity contribution < 1.29 is 0 Å². The molecule has 0 saturated carbocycles. The van der Waals surface area contributed by atoms with Gasteiger partial charge in [0.25, 0.3) is 0 Å². The number of hydrogen-bond acceptors (Lipinski definition) is 3. The molecule has 3 N–H and O–H groups in total. The zero-order chi connectivity index (χ0) is 10.6. The van der Waals surface area contributed by atoms with Crippen LogP contribution in [0.5, 0.6) is 0 Å². The number of nitrogens with zero attached hydrogens (tertiary/aromatic N) is 2. The summed E-state index contributed by atoms with van der Waals surface area (Å²) in [4.78, 5) is 12.8. The number of hydrogen-bond donors (Lipinski definition) is 3. The van der Waals surface area contributed by atoms with Gasteiger partial charge < -0.3 is 9.97 Å². The number of rotatable bonds is 0. The number of halogens is 2. The Kier molecular flexibility index (Phi) is 8.83. The first-order chi connectivity index (χ1) is 6.73. The van der Waals surface area contributed by atoms with E-state index >= 15 is 0 Å². The number of aromatic amines is 2. The van der Waals surface area contributed by atoms with Crippen LogP contribution in [0, 0.1) is 5.41 Å². The predicted molar refractivity (Wildman–Crippen MR) is 56.6 cm³/mol. The number of aromatic nitrogens is 4. The van der Waals surface area contributed by atoms with Gasteiger partial charge in [0.1, 0.15) is 0 Å². The van der Waals surface area contributed by atoms with Gasteiger partial charge >= 0.3 is 0 Å². The number of imidazole rings is 2. The zero-order valence-corrected chi connectivity index (χ0v) is 8.63. The van der Waals surface area contributed by atoms with E-state index in [1.54, 1.807) is 37.4 Å². The Morgan fingerprint density at radius 2 is 1.36 bits per heavy atom. The quantitative estimate of drug-likeness (QED) is 0.611. The third kappa shape index (κ3) is 13.3. The molecule has 0 aliphatic rings. The van der Waals surface area contributed by atoms with E-state index in [1.807, 2.05) is 0 Å². The van der Waals surface area contributed by atoms with Crippen molar-refractivity contribution in [2.45, 2.75) is 0 Å². The maximum atomic E-state index is 6.03. The van der Waals surface area contributed by atoms with Crippen LogP contribution in [0.15, 0.2) is 37.4 Å². The fourth-order valence-electron chi connectivity index (χ4n) is 0.430. The Balaban J connectivity index is 0.000000183. The van der Waals surface area contributed by atoms with Crippen LogP contribution in [-0.4, -0.2) is 24.6 Å². The summed E-state index contributed by atoms with van der Waals surface area (Å²) >= 11 is 9.25. The molecule has 2 heterocycles. The second kappa shape index (κ2) is 9.76. The maximum absolute atomic E-state index is 6.03. The van der Waals surface area contributed by atoms with Gasteiger partial charge in [0.2, 0.25) is 0 Å². The van der Waals surface area contributed by atoms with E-state index in [0.717, 1.165) is 0 Å². The third-order valence-electron chi connectivity index (χ3n) is 0.812. The summed E-state index contributed by atoms with van der Waals surface area (Å²) in [6, 6.07) is 0. The van der Waals surface area contributed by atoms with E-state index in [1.165, 1.54) is 0 Å². The SMILES string of the molecule is N=C(Cl)Cl.c1c[nH]cn1.c1c[nH]cn1. The molecule has 0 saturated heterocycles. The molecule has 0 aliphatic carbocycles. The van der Waals surface area contributed by atoms with Crippen molar-refractivity contribution in [3.63, 3.8) is 0 Å². The Labute approximate surface area is 91.0 Å². The average Bonchev–Trinajstić information content (AvgIpc) is 2.83. The third-order valence-corrected chi connectivity index (χ3v) is 0.812. The fourth-order valence-corrected chi connectivity index (χ4v) is 0.430. The molecule has 0 atom stereocenters. The standard InChI is InChI=1S/2C3H4N2.CHCl2N/c2*1-2-5-3-4-1;2-1(3)4/h2*1-3H,(H,4,5);4H. The molecule has 0 aliphatic heterocycles. The number of nitrogens with one attached hydrogen (secondary N) is 3. The second-order valence-electron chi connectivity index (χ2n) is 1.78. The van der Waals surface area contributed by atoms with Gasteiger partial charge in [0, 0.05) is 24.8 Å². The molecule has 0 spiro atoms. The largest absolute Gasteiger partial charge is 0.351 e. The van der Waals surface area contributed by atoms with Gasteiger partial charge in [-0.15, -0.1) is 0 Å². The van der Waals surface area contributed by atoms with Gasteiger partial charge in [-0.3, -0.25) is 5.41 Å². The lowest BCUT2D eigenvalue weighted by molar-refractivity contribution is 1.31. The van der Waals surface area contributed by atoms with Crippen molar-refractivity contribution in [1.82, 2.24) is 19.9 Å². The molecule has 5 nitrogen and oxygen atoms in total. The van der Waals surface area contributed by atoms with E-state index in [4.69, 9.17) is 5.41 Å². The molecule has 2 aromatic rings. The molecular weight excluding hydrogens is 225 g/mol. The second-order valence-corrected chi connectivity index (χ2v) is 2.73. The molecule has 2 aromatic heterocycles. The van der Waals surface area contributed by atoms with Crippen molar-refractivity contribution in [3.8, 4) is 0 Å². The van der Waals surface area contributed by atoms with Gasteiger partial charge in [-0.25, -0.2) is 9.97 Å². The molecular formula is C7H9Cl2N5. The Bertz CT molecular complexity index is 227. The van der Waals surface area contributed by atoms with E-state index in [0.29, 0.717) is 0 Å². The Hall–Kier alpha value is -1.33. The first-order valence-corrected chi connectivity index (χ1v) is 4.24. The van der Waals surface area contributed by atoms with E-state index in [2.05, 4.69) is 43.1 Å². The highest BCUT2D eigenvalue weighted by Crippen LogP contribution is 1.81. The van der Waals surface area contributed by atoms with Gasteiger partial charge in [0.05, 0.1) is 12.7 Å². The average molecular weight is 234 g/mol. The Morgan fingerprint density at radius 3 is 1.43 bits per heavy atom. The minimum Gasteiger partial charge on any atom is -0.351 e. The minimum absolute atomic E-state index is 0.389. The number of H-pyrrole nitrogens is 2. The summed E-state index contributed by atoms with van der Waals surface area (Å²) in [5.74, 6) is 0. The lowest BCUT2D eigenvalue weighted by Gasteiger charge is -1.54. The molecule has 0 bridgehead atoms. The van der Waals surface area contributed by atoms with Gasteiger partial charge in [-0.05, 0) is 23.2 Å². The molecule has 7 heteroatoms. The van der Waals surface area contributed by atoms with E-state index < -0.39 is 0 Å². The first kappa shape index (κ1) is 12.7. The molecule has 0 fully saturated rings. The summed E-state index contributed by atoms with van der Waals surface area (Å²) in [7, 11) is 0. The fraction of sp³-hybridized carbons (Fsp3) is 0. The van der Waals surface area contributed by atoms with Crippen LogP contribution in [0.25, 0.3) is 0 Å². The molecule has 0 amide bonds. The van der Waals surface area contributed by atoms with Gasteiger partial charge in [-0.1, -0.05) is 0 Å². The van der Waals surface area contributed by atoms with E-state index in [-0.39, 0.29) is 4.63 Å². The predicted octanol–water partition coefficient (Wildman–Crippen LogP) is 2.22. The Morgan fingerprint density at radius 1 is 1.00 bits per heavy atom. The van der Waals surface area contributed by atoms with Crippen LogP contribution in [-0.2, 0) is 0 Å². The lowest BCUT2D eigenvalue weighted by atomic mass is 11.0. The molecule has 0 aromatic carbocycles. The van der Waals surface area contributed by atoms with Crippen LogP contribution in [0.4, 0.5) is 0 Å². The zero-order valence-electron chi connectivity index (χ0n) is 7.11. The summed E-state index contributed by atoms with van der Waals surface area (Å²) in [6.07, 6.45) is 10.2. The van der Waals surface area contributed by atoms with Crippen LogP contribution in [0.3, 0.4) is 0 Å². The van der Waals surface area contributed by atoms with Gasteiger partial charge in [0.15, 0.2) is 4.63 Å². The summed E-state index contributed by atoms with van der Waals surface area (Å²) < 4.78 is -0.389. The monoisotopic (exact) mass is 233 g/mol. The van der Waals surface area contributed by atoms with Crippen LogP contribution in [0.1, 0.15) is 0 Å². The lowest BCUT2D eigenvalue weighted by Crippen LogP contribution is -1.50. The molecule has 14 heavy (non-hydrogen) atoms. The van der Waals surface area contributed by atoms with Crippen LogP contribution < -0.4 is 0 Å². The van der Waals surface area contributed by atoms with Crippen molar-refractivity contribution in [3.05, 3.63) is 37.4 Å². The topological polar surface area (TPSA) is 81.2 Å². The van der Waals surface area contributed by atoms with Crippen LogP contribution in [0.2, 0.25) is 0 Å². The highest BCUT2D eigenvalue weighted by molar-refractivity contribution is 6.94. The molecule has 0 radical (unpaired) electrons. The van der Waals surface area contributed by atoms with Crippen molar-refractivity contribution in [2.75, 3.05) is 0 Å². The summed E-state index contributed by atoms with van der Waals surface area (Å²) in [6.45, 7) is 0. The van der Waals surface area contributed by atoms with Crippen LogP contribution >= 0.6 is 23.2 Å². The highest BCUT2D eigenvalue weighted by atomic mass is 35.5. The van der Waals surface area contributed by atoms with E-state index in [9.17, 15) is 0 Å². The smallest absolute Gasteiger partial charge is 0.189 e. The van der Waals surface area contributed by atoms with Crippen molar-refractivity contribution in [2.24, 2.45) is 0 Å². The van der Waals surface area contributed by atoms with Crippen molar-refractivity contribution >= 4 is 27.8 Å². The maximum Gasteiger partial charge on any atom is 0.189 e. The summed E-state index contributed by atoms with van der Waals surface area (Å²) in [5.41, 5.74) is 0. The molecule has 0 unspecified atom stereocenters. The molecule has 76 valence electrons. The molecule has 2 rings (SSSR count). The van der Waals surface area contributed by atoms with Crippen molar-refractivity contribution in [1.29, 1.82) is 5.41 Å². The highest BCUT2D eigenvalue weighted by Gasteiger charge is 1.64. The first-order valence-electron chi connectivity index (χ1n) is 3.48.